The van der Waals surface area contributed by atoms with E-state index in [2.05, 4.69) is 19.9 Å². The lowest BCUT2D eigenvalue weighted by molar-refractivity contribution is 0.0625. The lowest BCUT2D eigenvalue weighted by Crippen LogP contribution is -2.36. The number of rotatable bonds is 6. The van der Waals surface area contributed by atoms with Gasteiger partial charge in [0.2, 0.25) is 0 Å². The maximum atomic E-state index is 9.61. The van der Waals surface area contributed by atoms with E-state index in [-0.39, 0.29) is 5.41 Å². The van der Waals surface area contributed by atoms with E-state index in [1.165, 1.54) is 70.6 Å². The van der Waals surface area contributed by atoms with E-state index >= 15 is 0 Å². The molecule has 20 heavy (non-hydrogen) atoms. The molecule has 1 heteroatoms. The van der Waals surface area contributed by atoms with Crippen LogP contribution in [-0.4, -0.2) is 0 Å². The molecule has 2 aliphatic carbocycles. The molecule has 0 aliphatic heterocycles. The first-order chi connectivity index (χ1) is 9.73. The first-order valence-corrected chi connectivity index (χ1v) is 9.14. The third kappa shape index (κ3) is 3.78. The SMILES string of the molecule is CCCCC[C@H]1CCC2C[C@](C#N)(CCC)CC[C@@H]2C1. The molecule has 2 saturated carbocycles. The number of nitrogens with zero attached hydrogens (tertiary/aromatic N) is 1. The van der Waals surface area contributed by atoms with Crippen molar-refractivity contribution in [3.63, 3.8) is 0 Å². The molecular weight excluding hydrogens is 242 g/mol. The minimum absolute atomic E-state index is 0.0466. The van der Waals surface area contributed by atoms with Crippen molar-refractivity contribution >= 4 is 0 Å². The number of unbranched alkanes of at least 4 members (excludes halogenated alkanes) is 2. The van der Waals surface area contributed by atoms with E-state index < -0.39 is 0 Å². The molecular formula is C19H33N. The first-order valence-electron chi connectivity index (χ1n) is 9.14. The molecule has 1 nitrogen and oxygen atoms in total. The van der Waals surface area contributed by atoms with Gasteiger partial charge in [-0.05, 0) is 56.3 Å². The molecule has 0 aromatic rings. The molecule has 0 spiro atoms. The maximum Gasteiger partial charge on any atom is 0.0689 e. The van der Waals surface area contributed by atoms with Crippen LogP contribution in [0.1, 0.15) is 90.9 Å². The fourth-order valence-corrected chi connectivity index (χ4v) is 4.92. The van der Waals surface area contributed by atoms with Gasteiger partial charge in [-0.3, -0.25) is 0 Å². The van der Waals surface area contributed by atoms with Crippen LogP contribution in [0.15, 0.2) is 0 Å². The highest BCUT2D eigenvalue weighted by molar-refractivity contribution is 5.04. The van der Waals surface area contributed by atoms with E-state index in [0.29, 0.717) is 0 Å². The van der Waals surface area contributed by atoms with Crippen molar-refractivity contribution in [3.05, 3.63) is 0 Å². The van der Waals surface area contributed by atoms with Gasteiger partial charge in [-0.2, -0.15) is 5.26 Å². The summed E-state index contributed by atoms with van der Waals surface area (Å²) in [5.74, 6) is 2.83. The number of hydrogen-bond acceptors (Lipinski definition) is 1. The molecule has 2 aliphatic rings. The van der Waals surface area contributed by atoms with Gasteiger partial charge in [-0.25, -0.2) is 0 Å². The molecule has 114 valence electrons. The average molecular weight is 275 g/mol. The zero-order valence-corrected chi connectivity index (χ0v) is 13.7. The molecule has 0 heterocycles. The molecule has 2 rings (SSSR count). The molecule has 2 fully saturated rings. The second-order valence-corrected chi connectivity index (χ2v) is 7.58. The summed E-state index contributed by atoms with van der Waals surface area (Å²) >= 11 is 0. The zero-order valence-electron chi connectivity index (χ0n) is 13.7. The third-order valence-electron chi connectivity index (χ3n) is 6.08. The van der Waals surface area contributed by atoms with E-state index in [4.69, 9.17) is 0 Å². The molecule has 0 bridgehead atoms. The lowest BCUT2D eigenvalue weighted by atomic mass is 9.58. The Morgan fingerprint density at radius 2 is 1.90 bits per heavy atom. The Bertz CT molecular complexity index is 329. The Labute approximate surface area is 126 Å². The van der Waals surface area contributed by atoms with Gasteiger partial charge in [0.05, 0.1) is 11.5 Å². The van der Waals surface area contributed by atoms with Crippen molar-refractivity contribution in [1.29, 1.82) is 5.26 Å². The van der Waals surface area contributed by atoms with E-state index in [9.17, 15) is 5.26 Å². The van der Waals surface area contributed by atoms with Crippen LogP contribution in [0.4, 0.5) is 0 Å². The highest BCUT2D eigenvalue weighted by Crippen LogP contribution is 2.51. The number of fused-ring (bicyclic) bond motifs is 1. The van der Waals surface area contributed by atoms with Crippen LogP contribution in [0.25, 0.3) is 0 Å². The largest absolute Gasteiger partial charge is 0.198 e. The molecule has 0 aromatic heterocycles. The van der Waals surface area contributed by atoms with Crippen LogP contribution in [0.5, 0.6) is 0 Å². The van der Waals surface area contributed by atoms with Crippen molar-refractivity contribution in [2.45, 2.75) is 90.9 Å². The van der Waals surface area contributed by atoms with Gasteiger partial charge in [0.1, 0.15) is 0 Å². The second kappa shape index (κ2) is 7.48. The Hall–Kier alpha value is -0.510. The molecule has 0 amide bonds. The van der Waals surface area contributed by atoms with Crippen LogP contribution in [-0.2, 0) is 0 Å². The fraction of sp³-hybridized carbons (Fsp3) is 0.947. The molecule has 4 atom stereocenters. The average Bonchev–Trinajstić information content (AvgIpc) is 2.48. The normalized spacial score (nSPS) is 37.1. The van der Waals surface area contributed by atoms with Crippen molar-refractivity contribution in [2.75, 3.05) is 0 Å². The van der Waals surface area contributed by atoms with Crippen molar-refractivity contribution in [3.8, 4) is 6.07 Å². The first kappa shape index (κ1) is 15.9. The quantitative estimate of drug-likeness (QED) is 0.538. The molecule has 0 N–H and O–H groups in total. The highest BCUT2D eigenvalue weighted by atomic mass is 14.5. The van der Waals surface area contributed by atoms with Gasteiger partial charge in [0.15, 0.2) is 0 Å². The Morgan fingerprint density at radius 1 is 1.05 bits per heavy atom. The number of hydrogen-bond donors (Lipinski definition) is 0. The number of nitriles is 1. The Balaban J connectivity index is 1.84. The summed E-state index contributed by atoms with van der Waals surface area (Å²) in [6.45, 7) is 4.53. The summed E-state index contributed by atoms with van der Waals surface area (Å²) in [7, 11) is 0. The Kier molecular flexibility index (Phi) is 5.94. The van der Waals surface area contributed by atoms with Gasteiger partial charge in [0, 0.05) is 0 Å². The summed E-state index contributed by atoms with van der Waals surface area (Å²) in [6, 6.07) is 2.70. The van der Waals surface area contributed by atoms with Gasteiger partial charge < -0.3 is 0 Å². The van der Waals surface area contributed by atoms with Crippen molar-refractivity contribution in [1.82, 2.24) is 0 Å². The van der Waals surface area contributed by atoms with Crippen LogP contribution in [0, 0.1) is 34.5 Å². The van der Waals surface area contributed by atoms with Crippen LogP contribution >= 0.6 is 0 Å². The van der Waals surface area contributed by atoms with Crippen LogP contribution in [0.3, 0.4) is 0 Å². The third-order valence-corrected chi connectivity index (χ3v) is 6.08. The monoisotopic (exact) mass is 275 g/mol. The molecule has 1 unspecified atom stereocenters. The van der Waals surface area contributed by atoms with Gasteiger partial charge in [-0.1, -0.05) is 52.4 Å². The fourth-order valence-electron chi connectivity index (χ4n) is 4.92. The van der Waals surface area contributed by atoms with Gasteiger partial charge in [0.25, 0.3) is 0 Å². The summed E-state index contributed by atoms with van der Waals surface area (Å²) < 4.78 is 0. The van der Waals surface area contributed by atoms with Crippen LogP contribution in [0.2, 0.25) is 0 Å². The zero-order chi connectivity index (χ0) is 14.4. The minimum atomic E-state index is 0.0466. The molecule has 0 radical (unpaired) electrons. The predicted octanol–water partition coefficient (Wildman–Crippen LogP) is 6.09. The predicted molar refractivity (Wildman–Crippen MR) is 85.3 cm³/mol. The summed E-state index contributed by atoms with van der Waals surface area (Å²) in [5, 5.41) is 9.61. The summed E-state index contributed by atoms with van der Waals surface area (Å²) in [5.41, 5.74) is 0.0466. The van der Waals surface area contributed by atoms with E-state index in [1.807, 2.05) is 0 Å². The van der Waals surface area contributed by atoms with Gasteiger partial charge >= 0.3 is 0 Å². The Morgan fingerprint density at radius 3 is 2.60 bits per heavy atom. The molecule has 0 saturated heterocycles. The van der Waals surface area contributed by atoms with Crippen molar-refractivity contribution in [2.24, 2.45) is 23.2 Å². The van der Waals surface area contributed by atoms with E-state index in [1.54, 1.807) is 0 Å². The smallest absolute Gasteiger partial charge is 0.0689 e. The van der Waals surface area contributed by atoms with Crippen molar-refractivity contribution < 1.29 is 0 Å². The van der Waals surface area contributed by atoms with Crippen LogP contribution < -0.4 is 0 Å². The van der Waals surface area contributed by atoms with Gasteiger partial charge in [-0.15, -0.1) is 0 Å². The standard InChI is InChI=1S/C19H33N/c1-3-5-6-7-16-8-9-18-14-19(15-20,11-4-2)12-10-17(18)13-16/h16-18H,3-14H2,1-2H3/t16-,17+,18?,19-/m0/s1. The summed E-state index contributed by atoms with van der Waals surface area (Å²) in [6.07, 6.45) is 16.0. The van der Waals surface area contributed by atoms with E-state index in [0.717, 1.165) is 24.2 Å². The topological polar surface area (TPSA) is 23.8 Å². The summed E-state index contributed by atoms with van der Waals surface area (Å²) in [4.78, 5) is 0. The maximum absolute atomic E-state index is 9.61. The molecule has 0 aromatic carbocycles. The second-order valence-electron chi connectivity index (χ2n) is 7.58. The minimum Gasteiger partial charge on any atom is -0.198 e. The highest BCUT2D eigenvalue weighted by Gasteiger charge is 2.42. The lowest BCUT2D eigenvalue weighted by Gasteiger charge is -2.45.